The van der Waals surface area contributed by atoms with Crippen molar-refractivity contribution in [3.63, 3.8) is 0 Å². The first kappa shape index (κ1) is 17.4. The number of rotatable bonds is 6. The van der Waals surface area contributed by atoms with Crippen LogP contribution >= 0.6 is 0 Å². The molecule has 1 amide bonds. The minimum atomic E-state index is -0.197. The lowest BCUT2D eigenvalue weighted by atomic mass is 9.86. The van der Waals surface area contributed by atoms with Crippen molar-refractivity contribution in [3.05, 3.63) is 18.2 Å². The molecule has 134 valence electrons. The Kier molecular flexibility index (Phi) is 5.56. The lowest BCUT2D eigenvalue weighted by molar-refractivity contribution is -0.123. The van der Waals surface area contributed by atoms with E-state index in [2.05, 4.69) is 28.3 Å². The third kappa shape index (κ3) is 3.98. The third-order valence-corrected chi connectivity index (χ3v) is 5.54. The van der Waals surface area contributed by atoms with Gasteiger partial charge in [-0.2, -0.15) is 0 Å². The molecule has 0 radical (unpaired) electrons. The number of primary amides is 1. The van der Waals surface area contributed by atoms with Crippen LogP contribution in [0.2, 0.25) is 0 Å². The van der Waals surface area contributed by atoms with E-state index in [4.69, 9.17) is 10.5 Å². The molecular weight excluding hydrogens is 304 g/mol. The molecule has 3 heterocycles. The molecule has 0 aromatic carbocycles. The Morgan fingerprint density at radius 2 is 2.12 bits per heavy atom. The monoisotopic (exact) mass is 334 g/mol. The fraction of sp³-hybridized carbons (Fsp3) is 0.778. The predicted octanol–water partition coefficient (Wildman–Crippen LogP) is 1.96. The summed E-state index contributed by atoms with van der Waals surface area (Å²) in [6.45, 7) is 8.22. The van der Waals surface area contributed by atoms with E-state index in [9.17, 15) is 4.79 Å². The summed E-state index contributed by atoms with van der Waals surface area (Å²) in [5, 5.41) is 0. The molecule has 24 heavy (non-hydrogen) atoms. The minimum Gasteiger partial charge on any atom is -0.377 e. The molecule has 0 spiro atoms. The average Bonchev–Trinajstić information content (AvgIpc) is 3.18. The van der Waals surface area contributed by atoms with Crippen LogP contribution in [0.15, 0.2) is 12.5 Å². The van der Waals surface area contributed by atoms with Crippen LogP contribution in [0.25, 0.3) is 0 Å². The normalized spacial score (nSPS) is 26.3. The van der Waals surface area contributed by atoms with Crippen molar-refractivity contribution in [3.8, 4) is 0 Å². The lowest BCUT2D eigenvalue weighted by Gasteiger charge is -2.33. The zero-order valence-electron chi connectivity index (χ0n) is 14.9. The van der Waals surface area contributed by atoms with Gasteiger partial charge in [0.2, 0.25) is 5.91 Å². The first-order valence-electron chi connectivity index (χ1n) is 9.18. The molecule has 0 bridgehead atoms. The molecule has 2 saturated heterocycles. The molecule has 6 heteroatoms. The first-order chi connectivity index (χ1) is 11.5. The maximum absolute atomic E-state index is 11.5. The zero-order valence-corrected chi connectivity index (χ0v) is 14.9. The fourth-order valence-electron chi connectivity index (χ4n) is 4.06. The summed E-state index contributed by atoms with van der Waals surface area (Å²) < 4.78 is 8.00. The Balaban J connectivity index is 1.47. The molecular formula is C18H30N4O2. The first-order valence-corrected chi connectivity index (χ1v) is 9.18. The van der Waals surface area contributed by atoms with E-state index >= 15 is 0 Å². The number of hydrogen-bond donors (Lipinski definition) is 1. The number of hydrogen-bond acceptors (Lipinski definition) is 4. The smallest absolute Gasteiger partial charge is 0.223 e. The van der Waals surface area contributed by atoms with Crippen LogP contribution in [-0.4, -0.2) is 46.2 Å². The number of carbonyl (C=O) groups excluding carboxylic acids is 1. The van der Waals surface area contributed by atoms with Crippen LogP contribution < -0.4 is 5.73 Å². The second kappa shape index (κ2) is 7.66. The molecule has 2 aliphatic rings. The van der Waals surface area contributed by atoms with Crippen LogP contribution in [0.5, 0.6) is 0 Å². The predicted molar refractivity (Wildman–Crippen MR) is 92.3 cm³/mol. The lowest BCUT2D eigenvalue weighted by Crippen LogP contribution is -2.37. The molecule has 1 aromatic heterocycles. The van der Waals surface area contributed by atoms with Gasteiger partial charge < -0.3 is 15.0 Å². The Morgan fingerprint density at radius 3 is 2.79 bits per heavy atom. The summed E-state index contributed by atoms with van der Waals surface area (Å²) in [6.07, 6.45) is 8.05. The van der Waals surface area contributed by atoms with Crippen molar-refractivity contribution in [2.24, 2.45) is 17.6 Å². The van der Waals surface area contributed by atoms with E-state index < -0.39 is 0 Å². The van der Waals surface area contributed by atoms with Gasteiger partial charge in [0, 0.05) is 25.4 Å². The standard InChI is InChI=1S/C18H30N4O2/c1-13(2)22-12-20-10-15(22)11-21-6-3-14(4-7-21)9-17-16(18(19)23)5-8-24-17/h10,12-14,16-17H,3-9,11H2,1-2H3,(H2,19,23)/t16-,17-/m1/s1. The number of likely N-dealkylation sites (tertiary alicyclic amines) is 1. The summed E-state index contributed by atoms with van der Waals surface area (Å²) in [6, 6.07) is 0.449. The number of imidazole rings is 1. The van der Waals surface area contributed by atoms with Crippen LogP contribution in [0, 0.1) is 11.8 Å². The molecule has 2 aliphatic heterocycles. The van der Waals surface area contributed by atoms with Gasteiger partial charge in [0.1, 0.15) is 0 Å². The highest BCUT2D eigenvalue weighted by atomic mass is 16.5. The van der Waals surface area contributed by atoms with Gasteiger partial charge in [0.15, 0.2) is 0 Å². The summed E-state index contributed by atoms with van der Waals surface area (Å²) >= 11 is 0. The van der Waals surface area contributed by atoms with E-state index in [-0.39, 0.29) is 17.9 Å². The number of aromatic nitrogens is 2. The Bertz CT molecular complexity index is 549. The van der Waals surface area contributed by atoms with E-state index in [0.717, 1.165) is 32.5 Å². The average molecular weight is 334 g/mol. The summed E-state index contributed by atoms with van der Waals surface area (Å²) in [5.41, 5.74) is 6.78. The quantitative estimate of drug-likeness (QED) is 0.863. The number of carbonyl (C=O) groups is 1. The molecule has 0 unspecified atom stereocenters. The van der Waals surface area contributed by atoms with Gasteiger partial charge in [-0.25, -0.2) is 4.98 Å². The second-order valence-corrected chi connectivity index (χ2v) is 7.55. The van der Waals surface area contributed by atoms with Gasteiger partial charge in [-0.3, -0.25) is 9.69 Å². The van der Waals surface area contributed by atoms with Crippen molar-refractivity contribution >= 4 is 5.91 Å². The number of nitrogens with two attached hydrogens (primary N) is 1. The van der Waals surface area contributed by atoms with Gasteiger partial charge >= 0.3 is 0 Å². The van der Waals surface area contributed by atoms with E-state index in [1.165, 1.54) is 18.5 Å². The summed E-state index contributed by atoms with van der Waals surface area (Å²) in [7, 11) is 0. The van der Waals surface area contributed by atoms with Crippen LogP contribution in [0.1, 0.15) is 51.3 Å². The third-order valence-electron chi connectivity index (χ3n) is 5.54. The van der Waals surface area contributed by atoms with Crippen molar-refractivity contribution in [1.82, 2.24) is 14.5 Å². The van der Waals surface area contributed by atoms with Crippen molar-refractivity contribution in [2.75, 3.05) is 19.7 Å². The second-order valence-electron chi connectivity index (χ2n) is 7.55. The number of nitrogens with zero attached hydrogens (tertiary/aromatic N) is 3. The van der Waals surface area contributed by atoms with Crippen molar-refractivity contribution < 1.29 is 9.53 Å². The maximum atomic E-state index is 11.5. The SMILES string of the molecule is CC(C)n1cncc1CN1CCC(C[C@H]2OCC[C@H]2C(N)=O)CC1. The van der Waals surface area contributed by atoms with E-state index in [1.807, 2.05) is 12.5 Å². The highest BCUT2D eigenvalue weighted by Gasteiger charge is 2.35. The molecule has 0 aliphatic carbocycles. The van der Waals surface area contributed by atoms with Crippen molar-refractivity contribution in [2.45, 2.75) is 58.2 Å². The van der Waals surface area contributed by atoms with Gasteiger partial charge in [0.25, 0.3) is 0 Å². The Labute approximate surface area is 144 Å². The molecule has 3 rings (SSSR count). The van der Waals surface area contributed by atoms with E-state index in [0.29, 0.717) is 18.6 Å². The fourth-order valence-corrected chi connectivity index (χ4v) is 4.06. The molecule has 0 saturated carbocycles. The van der Waals surface area contributed by atoms with Crippen LogP contribution in [0.3, 0.4) is 0 Å². The van der Waals surface area contributed by atoms with Crippen LogP contribution in [-0.2, 0) is 16.1 Å². The number of ether oxygens (including phenoxy) is 1. The van der Waals surface area contributed by atoms with Gasteiger partial charge in [0.05, 0.1) is 24.0 Å². The Morgan fingerprint density at radius 1 is 1.38 bits per heavy atom. The van der Waals surface area contributed by atoms with Crippen LogP contribution in [0.4, 0.5) is 0 Å². The highest BCUT2D eigenvalue weighted by molar-refractivity contribution is 5.77. The number of amides is 1. The number of piperidine rings is 1. The summed E-state index contributed by atoms with van der Waals surface area (Å²) in [5.74, 6) is 0.363. The summed E-state index contributed by atoms with van der Waals surface area (Å²) in [4.78, 5) is 18.3. The molecule has 2 N–H and O–H groups in total. The topological polar surface area (TPSA) is 73.4 Å². The molecule has 2 fully saturated rings. The molecule has 1 aromatic rings. The highest BCUT2D eigenvalue weighted by Crippen LogP contribution is 2.31. The van der Waals surface area contributed by atoms with E-state index in [1.54, 1.807) is 0 Å². The van der Waals surface area contributed by atoms with Gasteiger partial charge in [-0.05, 0) is 58.5 Å². The molecule has 2 atom stereocenters. The largest absolute Gasteiger partial charge is 0.377 e. The minimum absolute atomic E-state index is 0.0430. The van der Waals surface area contributed by atoms with Gasteiger partial charge in [-0.1, -0.05) is 0 Å². The molecule has 6 nitrogen and oxygen atoms in total. The zero-order chi connectivity index (χ0) is 17.1. The maximum Gasteiger partial charge on any atom is 0.223 e. The van der Waals surface area contributed by atoms with Gasteiger partial charge in [-0.15, -0.1) is 0 Å². The van der Waals surface area contributed by atoms with Crippen molar-refractivity contribution in [1.29, 1.82) is 0 Å². The Hall–Kier alpha value is -1.40.